The van der Waals surface area contributed by atoms with Crippen LogP contribution >= 0.6 is 0 Å². The van der Waals surface area contributed by atoms with E-state index < -0.39 is 0 Å². The van der Waals surface area contributed by atoms with Crippen molar-refractivity contribution in [1.82, 2.24) is 0 Å². The van der Waals surface area contributed by atoms with E-state index in [-0.39, 0.29) is 6.10 Å². The van der Waals surface area contributed by atoms with Crippen molar-refractivity contribution in [2.24, 2.45) is 5.92 Å². The zero-order valence-electron chi connectivity index (χ0n) is 19.4. The third-order valence-corrected chi connectivity index (χ3v) is 6.87. The van der Waals surface area contributed by atoms with Crippen LogP contribution in [-0.2, 0) is 17.6 Å². The maximum Gasteiger partial charge on any atom is 0.0826 e. The van der Waals surface area contributed by atoms with Gasteiger partial charge in [-0.2, -0.15) is 0 Å². The molecule has 1 saturated carbocycles. The fourth-order valence-electron chi connectivity index (χ4n) is 4.84. The summed E-state index contributed by atoms with van der Waals surface area (Å²) in [5.74, 6) is 1.49. The molecular formula is C30H40O. The Kier molecular flexibility index (Phi) is 9.62. The van der Waals surface area contributed by atoms with E-state index in [4.69, 9.17) is 4.74 Å². The first kappa shape index (κ1) is 23.5. The Morgan fingerprint density at radius 1 is 0.871 bits per heavy atom. The first-order valence-corrected chi connectivity index (χ1v) is 12.3. The van der Waals surface area contributed by atoms with E-state index >= 15 is 0 Å². The van der Waals surface area contributed by atoms with E-state index in [1.807, 2.05) is 6.08 Å². The quantitative estimate of drug-likeness (QED) is 0.249. The Labute approximate surface area is 190 Å². The SMILES string of the molecule is C=CCOC(CC)c1ccc(CCCCc2ccc(C3CCC(C=C)CC3)cc2)cc1. The molecule has 0 radical (unpaired) electrons. The predicted octanol–water partition coefficient (Wildman–Crippen LogP) is 8.37. The van der Waals surface area contributed by atoms with E-state index in [9.17, 15) is 0 Å². The van der Waals surface area contributed by atoms with Crippen molar-refractivity contribution in [2.75, 3.05) is 6.61 Å². The van der Waals surface area contributed by atoms with Gasteiger partial charge in [0.2, 0.25) is 0 Å². The molecule has 2 aromatic carbocycles. The average molecular weight is 417 g/mol. The molecule has 0 saturated heterocycles. The van der Waals surface area contributed by atoms with Crippen LogP contribution in [0.5, 0.6) is 0 Å². The zero-order chi connectivity index (χ0) is 21.9. The lowest BCUT2D eigenvalue weighted by Gasteiger charge is -2.27. The minimum atomic E-state index is 0.173. The van der Waals surface area contributed by atoms with Crippen LogP contribution in [0.2, 0.25) is 0 Å². The second-order valence-electron chi connectivity index (χ2n) is 9.06. The van der Waals surface area contributed by atoms with Gasteiger partial charge in [-0.1, -0.05) is 67.6 Å². The van der Waals surface area contributed by atoms with Gasteiger partial charge in [-0.15, -0.1) is 13.2 Å². The lowest BCUT2D eigenvalue weighted by Crippen LogP contribution is -2.11. The number of allylic oxidation sites excluding steroid dienone is 1. The monoisotopic (exact) mass is 416 g/mol. The second-order valence-corrected chi connectivity index (χ2v) is 9.06. The molecule has 1 unspecified atom stereocenters. The van der Waals surface area contributed by atoms with Crippen molar-refractivity contribution in [3.8, 4) is 0 Å². The maximum absolute atomic E-state index is 5.85. The summed E-state index contributed by atoms with van der Waals surface area (Å²) in [6.45, 7) is 10.5. The van der Waals surface area contributed by atoms with Crippen molar-refractivity contribution in [3.63, 3.8) is 0 Å². The normalized spacial score (nSPS) is 19.6. The van der Waals surface area contributed by atoms with Gasteiger partial charge in [-0.05, 0) is 91.9 Å². The number of unbranched alkanes of at least 4 members (excludes halogenated alkanes) is 1. The summed E-state index contributed by atoms with van der Waals surface area (Å²) in [6.07, 6.45) is 15.2. The third-order valence-electron chi connectivity index (χ3n) is 6.87. The summed E-state index contributed by atoms with van der Waals surface area (Å²) >= 11 is 0. The fourth-order valence-corrected chi connectivity index (χ4v) is 4.84. The Balaban J connectivity index is 1.39. The molecule has 0 heterocycles. The van der Waals surface area contributed by atoms with E-state index in [1.165, 1.54) is 67.2 Å². The smallest absolute Gasteiger partial charge is 0.0826 e. The minimum Gasteiger partial charge on any atom is -0.370 e. The highest BCUT2D eigenvalue weighted by atomic mass is 16.5. The van der Waals surface area contributed by atoms with E-state index in [0.29, 0.717) is 6.61 Å². The van der Waals surface area contributed by atoms with Gasteiger partial charge in [-0.25, -0.2) is 0 Å². The molecule has 1 fully saturated rings. The molecular weight excluding hydrogens is 376 g/mol. The molecule has 0 spiro atoms. The summed E-state index contributed by atoms with van der Waals surface area (Å²) in [5.41, 5.74) is 5.71. The van der Waals surface area contributed by atoms with Gasteiger partial charge in [0, 0.05) is 0 Å². The van der Waals surface area contributed by atoms with Crippen molar-refractivity contribution in [1.29, 1.82) is 0 Å². The molecule has 2 aromatic rings. The Bertz CT molecular complexity index is 778. The highest BCUT2D eigenvalue weighted by Crippen LogP contribution is 2.36. The van der Waals surface area contributed by atoms with Crippen LogP contribution in [0.25, 0.3) is 0 Å². The average Bonchev–Trinajstić information content (AvgIpc) is 2.83. The Morgan fingerprint density at radius 3 is 1.97 bits per heavy atom. The lowest BCUT2D eigenvalue weighted by molar-refractivity contribution is 0.0714. The largest absolute Gasteiger partial charge is 0.370 e. The van der Waals surface area contributed by atoms with Crippen LogP contribution in [0.4, 0.5) is 0 Å². The van der Waals surface area contributed by atoms with E-state index in [1.54, 1.807) is 0 Å². The molecule has 1 atom stereocenters. The molecule has 0 amide bonds. The summed E-state index contributed by atoms with van der Waals surface area (Å²) in [6, 6.07) is 18.5. The summed E-state index contributed by atoms with van der Waals surface area (Å²) < 4.78 is 5.85. The zero-order valence-corrected chi connectivity index (χ0v) is 19.4. The number of hydrogen-bond donors (Lipinski definition) is 0. The minimum absolute atomic E-state index is 0.173. The van der Waals surface area contributed by atoms with Crippen molar-refractivity contribution < 1.29 is 4.74 Å². The molecule has 1 nitrogen and oxygen atoms in total. The van der Waals surface area contributed by atoms with Gasteiger partial charge < -0.3 is 4.74 Å². The van der Waals surface area contributed by atoms with Gasteiger partial charge in [-0.3, -0.25) is 0 Å². The first-order valence-electron chi connectivity index (χ1n) is 12.3. The third kappa shape index (κ3) is 7.21. The van der Waals surface area contributed by atoms with Crippen molar-refractivity contribution >= 4 is 0 Å². The topological polar surface area (TPSA) is 9.23 Å². The summed E-state index contributed by atoms with van der Waals surface area (Å²) in [7, 11) is 0. The number of aryl methyl sites for hydroxylation is 2. The molecule has 1 heteroatoms. The first-order chi connectivity index (χ1) is 15.2. The van der Waals surface area contributed by atoms with Crippen LogP contribution in [-0.4, -0.2) is 6.61 Å². The van der Waals surface area contributed by atoms with Crippen LogP contribution in [0.1, 0.15) is 86.1 Å². The molecule has 0 bridgehead atoms. The number of rotatable bonds is 12. The van der Waals surface area contributed by atoms with Gasteiger partial charge in [0.25, 0.3) is 0 Å². The molecule has 31 heavy (non-hydrogen) atoms. The van der Waals surface area contributed by atoms with Crippen LogP contribution in [0.15, 0.2) is 73.8 Å². The van der Waals surface area contributed by atoms with Gasteiger partial charge in [0.15, 0.2) is 0 Å². The van der Waals surface area contributed by atoms with E-state index in [0.717, 1.165) is 24.7 Å². The molecule has 1 aliphatic carbocycles. The van der Waals surface area contributed by atoms with Gasteiger partial charge >= 0.3 is 0 Å². The van der Waals surface area contributed by atoms with Crippen LogP contribution < -0.4 is 0 Å². The Morgan fingerprint density at radius 2 is 1.45 bits per heavy atom. The predicted molar refractivity (Wildman–Crippen MR) is 134 cm³/mol. The Hall–Kier alpha value is -2.12. The maximum atomic E-state index is 5.85. The summed E-state index contributed by atoms with van der Waals surface area (Å²) in [4.78, 5) is 0. The lowest BCUT2D eigenvalue weighted by atomic mass is 9.78. The highest BCUT2D eigenvalue weighted by Gasteiger charge is 2.20. The molecule has 3 rings (SSSR count). The van der Waals surface area contributed by atoms with Crippen molar-refractivity contribution in [3.05, 3.63) is 96.1 Å². The molecule has 1 aliphatic rings. The molecule has 0 aliphatic heterocycles. The fraction of sp³-hybridized carbons (Fsp3) is 0.467. The number of benzene rings is 2. The molecule has 166 valence electrons. The molecule has 0 N–H and O–H groups in total. The standard InChI is InChI=1S/C30H40O/c1-4-23-31-30(6-3)29-21-15-26(16-22-29)10-8-7-9-25-13-19-28(20-14-25)27-17-11-24(5-2)12-18-27/h4-5,13-16,19-22,24,27,30H,1-2,6-12,17-18,23H2,3H3. The van der Waals surface area contributed by atoms with Gasteiger partial charge in [0.05, 0.1) is 12.7 Å². The number of hydrogen-bond acceptors (Lipinski definition) is 1. The van der Waals surface area contributed by atoms with E-state index in [2.05, 4.69) is 74.7 Å². The second kappa shape index (κ2) is 12.7. The summed E-state index contributed by atoms with van der Waals surface area (Å²) in [5, 5.41) is 0. The number of ether oxygens (including phenoxy) is 1. The van der Waals surface area contributed by atoms with Crippen LogP contribution in [0.3, 0.4) is 0 Å². The highest BCUT2D eigenvalue weighted by molar-refractivity contribution is 5.27. The molecule has 0 aromatic heterocycles. The van der Waals surface area contributed by atoms with Gasteiger partial charge in [0.1, 0.15) is 0 Å². The van der Waals surface area contributed by atoms with Crippen molar-refractivity contribution in [2.45, 2.75) is 76.7 Å². The van der Waals surface area contributed by atoms with Crippen LogP contribution in [0, 0.1) is 5.92 Å².